The lowest BCUT2D eigenvalue weighted by molar-refractivity contribution is 0.102. The lowest BCUT2D eigenvalue weighted by atomic mass is 10.2. The first-order valence-electron chi connectivity index (χ1n) is 12.2. The van der Waals surface area contributed by atoms with Gasteiger partial charge in [0.05, 0.1) is 5.69 Å². The molecule has 0 saturated heterocycles. The molecule has 2 heterocycles. The summed E-state index contributed by atoms with van der Waals surface area (Å²) in [5.74, 6) is -1.73. The summed E-state index contributed by atoms with van der Waals surface area (Å²) < 4.78 is 35.8. The van der Waals surface area contributed by atoms with Crippen LogP contribution in [0.25, 0.3) is 5.69 Å². The fourth-order valence-electron chi connectivity index (χ4n) is 3.54. The zero-order chi connectivity index (χ0) is 28.9. The maximum absolute atomic E-state index is 14.8. The van der Waals surface area contributed by atoms with E-state index in [1.165, 1.54) is 41.1 Å². The average Bonchev–Trinajstić information content (AvgIpc) is 2.90. The zero-order valence-corrected chi connectivity index (χ0v) is 22.2. The Balaban J connectivity index is 0.00000205. The highest BCUT2D eigenvalue weighted by atomic mass is 19.1. The van der Waals surface area contributed by atoms with Gasteiger partial charge in [-0.05, 0) is 63.2 Å². The molecule has 2 aromatic heterocycles. The predicted molar refractivity (Wildman–Crippen MR) is 146 cm³/mol. The van der Waals surface area contributed by atoms with Gasteiger partial charge < -0.3 is 15.8 Å². The number of nitrogens with zero attached hydrogens (tertiary/aromatic N) is 3. The van der Waals surface area contributed by atoms with Gasteiger partial charge in [0.1, 0.15) is 22.9 Å². The smallest absolute Gasteiger partial charge is 0.335 e. The van der Waals surface area contributed by atoms with E-state index in [-0.39, 0.29) is 28.5 Å². The highest BCUT2D eigenvalue weighted by Crippen LogP contribution is 2.30. The van der Waals surface area contributed by atoms with Crippen LogP contribution in [0.1, 0.15) is 49.7 Å². The first-order chi connectivity index (χ1) is 18.6. The van der Waals surface area contributed by atoms with Crippen molar-refractivity contribution >= 4 is 17.4 Å². The maximum Gasteiger partial charge on any atom is 0.335 e. The summed E-state index contributed by atoms with van der Waals surface area (Å²) >= 11 is 0. The van der Waals surface area contributed by atoms with Gasteiger partial charge in [0.15, 0.2) is 11.6 Å². The second kappa shape index (κ2) is 12.2. The first kappa shape index (κ1) is 28.8. The van der Waals surface area contributed by atoms with Crippen molar-refractivity contribution < 1.29 is 18.3 Å². The van der Waals surface area contributed by atoms with Crippen molar-refractivity contribution in [2.45, 2.75) is 40.7 Å². The number of halogens is 2. The Labute approximate surface area is 223 Å². The molecule has 0 radical (unpaired) electrons. The Kier molecular flexibility index (Phi) is 8.97. The number of hydrogen-bond donors (Lipinski definition) is 2. The molecule has 0 fully saturated rings. The summed E-state index contributed by atoms with van der Waals surface area (Å²) in [7, 11) is 0. The Hall–Kier alpha value is -4.80. The van der Waals surface area contributed by atoms with Crippen LogP contribution in [0.2, 0.25) is 0 Å². The number of carbonyl (C=O) groups is 1. The standard InChI is InChI=1S/C26H23F2N5O4.C2H6/c1-14(2)32-13-19(25(35)33(26(32)36)18-7-4-16(27)5-8-18)24(34)31-17-6-9-22(20(28)12-17)37-21-10-11-30-23(29)15(21)3;1-2/h4-14H,1-3H3,(H2,29,30)(H,31,34);1-2H3. The van der Waals surface area contributed by atoms with Crippen LogP contribution in [0.15, 0.2) is 70.5 Å². The van der Waals surface area contributed by atoms with E-state index in [4.69, 9.17) is 10.5 Å². The normalized spacial score (nSPS) is 10.6. The first-order valence-corrected chi connectivity index (χ1v) is 12.2. The molecule has 39 heavy (non-hydrogen) atoms. The molecule has 0 unspecified atom stereocenters. The van der Waals surface area contributed by atoms with Crippen molar-refractivity contribution in [2.75, 3.05) is 11.1 Å². The molecular weight excluding hydrogens is 508 g/mol. The molecule has 4 aromatic rings. The quantitative estimate of drug-likeness (QED) is 0.348. The lowest BCUT2D eigenvalue weighted by Gasteiger charge is -2.16. The molecular formula is C28H29F2N5O4. The van der Waals surface area contributed by atoms with E-state index in [1.807, 2.05) is 13.8 Å². The number of anilines is 2. The summed E-state index contributed by atoms with van der Waals surface area (Å²) in [4.78, 5) is 43.1. The van der Waals surface area contributed by atoms with E-state index >= 15 is 0 Å². The van der Waals surface area contributed by atoms with Crippen LogP contribution in [0, 0.1) is 18.6 Å². The van der Waals surface area contributed by atoms with Crippen LogP contribution in [0.3, 0.4) is 0 Å². The minimum Gasteiger partial charge on any atom is -0.454 e. The van der Waals surface area contributed by atoms with Crippen molar-refractivity contribution in [1.82, 2.24) is 14.1 Å². The predicted octanol–water partition coefficient (Wildman–Crippen LogP) is 5.21. The minimum absolute atomic E-state index is 0.0517. The van der Waals surface area contributed by atoms with Gasteiger partial charge >= 0.3 is 5.69 Å². The summed E-state index contributed by atoms with van der Waals surface area (Å²) in [6.07, 6.45) is 2.58. The van der Waals surface area contributed by atoms with Crippen LogP contribution in [-0.2, 0) is 0 Å². The molecule has 0 saturated carbocycles. The topological polar surface area (TPSA) is 121 Å². The van der Waals surface area contributed by atoms with E-state index in [2.05, 4.69) is 10.3 Å². The van der Waals surface area contributed by atoms with E-state index < -0.39 is 34.8 Å². The van der Waals surface area contributed by atoms with Gasteiger partial charge in [-0.3, -0.25) is 14.2 Å². The molecule has 0 aliphatic rings. The number of nitrogens with one attached hydrogen (secondary N) is 1. The Bertz CT molecular complexity index is 1610. The third-order valence-electron chi connectivity index (χ3n) is 5.60. The minimum atomic E-state index is -0.905. The molecule has 204 valence electrons. The lowest BCUT2D eigenvalue weighted by Crippen LogP contribution is -2.42. The number of pyridine rings is 1. The number of benzene rings is 2. The van der Waals surface area contributed by atoms with Gasteiger partial charge in [0.25, 0.3) is 11.5 Å². The Morgan fingerprint density at radius 3 is 2.31 bits per heavy atom. The highest BCUT2D eigenvalue weighted by molar-refractivity contribution is 6.03. The highest BCUT2D eigenvalue weighted by Gasteiger charge is 2.20. The molecule has 1 amide bonds. The number of carbonyl (C=O) groups excluding carboxylic acids is 1. The monoisotopic (exact) mass is 537 g/mol. The second-order valence-electron chi connectivity index (χ2n) is 8.46. The van der Waals surface area contributed by atoms with Crippen molar-refractivity contribution in [1.29, 1.82) is 0 Å². The number of amides is 1. The van der Waals surface area contributed by atoms with Gasteiger partial charge in [-0.2, -0.15) is 0 Å². The van der Waals surface area contributed by atoms with Crippen LogP contribution >= 0.6 is 0 Å². The molecule has 0 aliphatic carbocycles. The summed E-state index contributed by atoms with van der Waals surface area (Å²) in [5, 5.41) is 2.47. The molecule has 2 aromatic carbocycles. The van der Waals surface area contributed by atoms with Crippen LogP contribution < -0.4 is 27.0 Å². The molecule has 0 spiro atoms. The van der Waals surface area contributed by atoms with Gasteiger partial charge in [-0.25, -0.2) is 23.1 Å². The number of rotatable bonds is 6. The number of hydrogen-bond acceptors (Lipinski definition) is 6. The van der Waals surface area contributed by atoms with Gasteiger partial charge in [0, 0.05) is 35.8 Å². The van der Waals surface area contributed by atoms with Crippen molar-refractivity contribution in [3.63, 3.8) is 0 Å². The van der Waals surface area contributed by atoms with E-state index in [9.17, 15) is 23.2 Å². The fourth-order valence-corrected chi connectivity index (χ4v) is 3.54. The van der Waals surface area contributed by atoms with Crippen LogP contribution in [0.4, 0.5) is 20.3 Å². The largest absolute Gasteiger partial charge is 0.454 e. The SMILES string of the molecule is CC.Cc1c(Oc2ccc(NC(=O)c3cn(C(C)C)c(=O)n(-c4ccc(F)cc4)c3=O)cc2F)ccnc1N. The molecule has 11 heteroatoms. The van der Waals surface area contributed by atoms with E-state index in [0.717, 1.165) is 29.0 Å². The summed E-state index contributed by atoms with van der Waals surface area (Å²) in [6.45, 7) is 9.09. The van der Waals surface area contributed by atoms with E-state index in [0.29, 0.717) is 11.3 Å². The number of ether oxygens (including phenoxy) is 1. The zero-order valence-electron chi connectivity index (χ0n) is 22.2. The number of nitrogen functional groups attached to an aromatic ring is 1. The van der Waals surface area contributed by atoms with Crippen molar-refractivity contribution in [2.24, 2.45) is 0 Å². The van der Waals surface area contributed by atoms with Crippen LogP contribution in [-0.4, -0.2) is 20.0 Å². The van der Waals surface area contributed by atoms with E-state index in [1.54, 1.807) is 20.8 Å². The van der Waals surface area contributed by atoms with Gasteiger partial charge in [-0.15, -0.1) is 0 Å². The number of aromatic nitrogens is 3. The second-order valence-corrected chi connectivity index (χ2v) is 8.46. The molecule has 4 rings (SSSR count). The molecule has 9 nitrogen and oxygen atoms in total. The third kappa shape index (κ3) is 6.20. The van der Waals surface area contributed by atoms with Gasteiger partial charge in [-0.1, -0.05) is 13.8 Å². The summed E-state index contributed by atoms with van der Waals surface area (Å²) in [5.41, 5.74) is 4.48. The van der Waals surface area contributed by atoms with Gasteiger partial charge in [0.2, 0.25) is 0 Å². The molecule has 0 bridgehead atoms. The Morgan fingerprint density at radius 1 is 1.03 bits per heavy atom. The average molecular weight is 538 g/mol. The maximum atomic E-state index is 14.8. The fraction of sp³-hybridized carbons (Fsp3) is 0.214. The van der Waals surface area contributed by atoms with Crippen LogP contribution in [0.5, 0.6) is 11.5 Å². The molecule has 0 atom stereocenters. The third-order valence-corrected chi connectivity index (χ3v) is 5.60. The van der Waals surface area contributed by atoms with Crippen molar-refractivity contribution in [3.05, 3.63) is 105 Å². The Morgan fingerprint density at radius 2 is 1.69 bits per heavy atom. The summed E-state index contributed by atoms with van der Waals surface area (Å²) in [6, 6.07) is 9.60. The number of nitrogens with two attached hydrogens (primary N) is 1. The van der Waals surface area contributed by atoms with Crippen molar-refractivity contribution in [3.8, 4) is 17.2 Å². The molecule has 0 aliphatic heterocycles. The molecule has 3 N–H and O–H groups in total.